The standard InChI is InChI=1S/C12H16Cl2O2/c13-6-4-11(15)9-2-1-3-10(8-9)12(16)5-7-14/h1-3,8,11-12,15-16H,4-7H2. The number of hydrogen-bond donors (Lipinski definition) is 2. The Hall–Kier alpha value is -0.280. The molecule has 0 bridgehead atoms. The third-order valence-corrected chi connectivity index (χ3v) is 2.88. The van der Waals surface area contributed by atoms with Crippen LogP contribution < -0.4 is 0 Å². The second-order valence-corrected chi connectivity index (χ2v) is 4.41. The topological polar surface area (TPSA) is 40.5 Å². The van der Waals surface area contributed by atoms with Crippen molar-refractivity contribution in [3.8, 4) is 0 Å². The van der Waals surface area contributed by atoms with Gasteiger partial charge in [0.1, 0.15) is 0 Å². The summed E-state index contributed by atoms with van der Waals surface area (Å²) in [5.74, 6) is 0.825. The van der Waals surface area contributed by atoms with Gasteiger partial charge in [0.25, 0.3) is 0 Å². The Morgan fingerprint density at radius 1 is 0.938 bits per heavy atom. The van der Waals surface area contributed by atoms with Crippen LogP contribution in [-0.4, -0.2) is 22.0 Å². The SMILES string of the molecule is OC(CCCl)c1cccc(C(O)CCCl)c1. The fourth-order valence-corrected chi connectivity index (χ4v) is 1.93. The predicted octanol–water partition coefficient (Wildman–Crippen LogP) is 3.01. The minimum Gasteiger partial charge on any atom is -0.388 e. The number of halogens is 2. The van der Waals surface area contributed by atoms with Gasteiger partial charge in [0, 0.05) is 11.8 Å². The third kappa shape index (κ3) is 3.95. The Bertz CT molecular complexity index is 290. The van der Waals surface area contributed by atoms with E-state index < -0.39 is 12.2 Å². The van der Waals surface area contributed by atoms with Crippen LogP contribution in [0, 0.1) is 0 Å². The highest BCUT2D eigenvalue weighted by Crippen LogP contribution is 2.23. The number of alkyl halides is 2. The molecule has 0 radical (unpaired) electrons. The number of hydrogen-bond acceptors (Lipinski definition) is 2. The van der Waals surface area contributed by atoms with Crippen LogP contribution in [0.5, 0.6) is 0 Å². The van der Waals surface area contributed by atoms with Gasteiger partial charge in [-0.1, -0.05) is 24.3 Å². The van der Waals surface area contributed by atoms with Gasteiger partial charge in [0.15, 0.2) is 0 Å². The Morgan fingerprint density at radius 3 is 1.75 bits per heavy atom. The van der Waals surface area contributed by atoms with Gasteiger partial charge in [0.05, 0.1) is 12.2 Å². The van der Waals surface area contributed by atoms with Gasteiger partial charge in [-0.2, -0.15) is 0 Å². The number of benzene rings is 1. The molecule has 0 saturated heterocycles. The first kappa shape index (κ1) is 13.8. The Morgan fingerprint density at radius 2 is 1.38 bits per heavy atom. The average molecular weight is 263 g/mol. The highest BCUT2D eigenvalue weighted by molar-refractivity contribution is 6.18. The molecule has 0 amide bonds. The third-order valence-electron chi connectivity index (χ3n) is 2.45. The molecule has 2 nitrogen and oxygen atoms in total. The molecule has 0 saturated carbocycles. The summed E-state index contributed by atoms with van der Waals surface area (Å²) in [5, 5.41) is 19.5. The van der Waals surface area contributed by atoms with Crippen molar-refractivity contribution in [3.05, 3.63) is 35.4 Å². The normalized spacial score (nSPS) is 14.8. The lowest BCUT2D eigenvalue weighted by Crippen LogP contribution is -2.02. The van der Waals surface area contributed by atoms with E-state index in [1.807, 2.05) is 18.2 Å². The predicted molar refractivity (Wildman–Crippen MR) is 67.0 cm³/mol. The van der Waals surface area contributed by atoms with Crippen molar-refractivity contribution in [3.63, 3.8) is 0 Å². The lowest BCUT2D eigenvalue weighted by molar-refractivity contribution is 0.168. The van der Waals surface area contributed by atoms with E-state index in [-0.39, 0.29) is 0 Å². The van der Waals surface area contributed by atoms with Crippen molar-refractivity contribution in [2.75, 3.05) is 11.8 Å². The highest BCUT2D eigenvalue weighted by Gasteiger charge is 2.11. The van der Waals surface area contributed by atoms with Gasteiger partial charge in [-0.3, -0.25) is 0 Å². The molecule has 4 heteroatoms. The molecule has 0 heterocycles. The summed E-state index contributed by atoms with van der Waals surface area (Å²) in [5.41, 5.74) is 1.57. The molecular formula is C12H16Cl2O2. The van der Waals surface area contributed by atoms with E-state index in [0.717, 1.165) is 11.1 Å². The zero-order chi connectivity index (χ0) is 12.0. The summed E-state index contributed by atoms with van der Waals surface area (Å²) in [6.07, 6.45) is -0.117. The molecule has 0 aliphatic heterocycles. The molecule has 90 valence electrons. The summed E-state index contributed by atoms with van der Waals surface area (Å²) in [6.45, 7) is 0. The summed E-state index contributed by atoms with van der Waals surface area (Å²) >= 11 is 11.1. The van der Waals surface area contributed by atoms with Gasteiger partial charge in [-0.15, -0.1) is 23.2 Å². The van der Waals surface area contributed by atoms with E-state index in [1.165, 1.54) is 0 Å². The van der Waals surface area contributed by atoms with Crippen molar-refractivity contribution < 1.29 is 10.2 Å². The van der Waals surface area contributed by atoms with E-state index in [1.54, 1.807) is 6.07 Å². The first-order valence-electron chi connectivity index (χ1n) is 5.27. The van der Waals surface area contributed by atoms with Crippen LogP contribution in [0.3, 0.4) is 0 Å². The maximum atomic E-state index is 9.76. The van der Waals surface area contributed by atoms with Crippen LogP contribution in [-0.2, 0) is 0 Å². The van der Waals surface area contributed by atoms with Crippen molar-refractivity contribution >= 4 is 23.2 Å². The largest absolute Gasteiger partial charge is 0.388 e. The number of rotatable bonds is 6. The molecule has 1 aromatic rings. The minimum atomic E-state index is -0.569. The monoisotopic (exact) mass is 262 g/mol. The molecule has 0 aromatic heterocycles. The van der Waals surface area contributed by atoms with E-state index in [0.29, 0.717) is 24.6 Å². The maximum absolute atomic E-state index is 9.76. The van der Waals surface area contributed by atoms with Crippen molar-refractivity contribution in [2.24, 2.45) is 0 Å². The van der Waals surface area contributed by atoms with Gasteiger partial charge in [-0.05, 0) is 24.0 Å². The first-order valence-corrected chi connectivity index (χ1v) is 6.34. The van der Waals surface area contributed by atoms with E-state index in [9.17, 15) is 10.2 Å². The highest BCUT2D eigenvalue weighted by atomic mass is 35.5. The molecule has 0 aliphatic carbocycles. The van der Waals surface area contributed by atoms with Gasteiger partial charge in [-0.25, -0.2) is 0 Å². The molecule has 16 heavy (non-hydrogen) atoms. The molecule has 2 atom stereocenters. The van der Waals surface area contributed by atoms with Gasteiger partial charge < -0.3 is 10.2 Å². The van der Waals surface area contributed by atoms with Crippen LogP contribution in [0.1, 0.15) is 36.2 Å². The van der Waals surface area contributed by atoms with E-state index in [4.69, 9.17) is 23.2 Å². The Labute approximate surface area is 106 Å². The summed E-state index contributed by atoms with van der Waals surface area (Å²) in [7, 11) is 0. The zero-order valence-electron chi connectivity index (χ0n) is 8.94. The molecular weight excluding hydrogens is 247 g/mol. The molecule has 0 spiro atoms. The van der Waals surface area contributed by atoms with E-state index in [2.05, 4.69) is 0 Å². The Balaban J connectivity index is 2.77. The van der Waals surface area contributed by atoms with Crippen molar-refractivity contribution in [2.45, 2.75) is 25.0 Å². The smallest absolute Gasteiger partial charge is 0.0801 e. The van der Waals surface area contributed by atoms with Crippen molar-refractivity contribution in [1.29, 1.82) is 0 Å². The van der Waals surface area contributed by atoms with Crippen LogP contribution in [0.2, 0.25) is 0 Å². The molecule has 1 aromatic carbocycles. The minimum absolute atomic E-state index is 0.412. The zero-order valence-corrected chi connectivity index (χ0v) is 10.5. The molecule has 0 fully saturated rings. The average Bonchev–Trinajstić information content (AvgIpc) is 2.30. The van der Waals surface area contributed by atoms with Gasteiger partial charge >= 0.3 is 0 Å². The number of aliphatic hydroxyl groups excluding tert-OH is 2. The number of aliphatic hydroxyl groups is 2. The molecule has 2 N–H and O–H groups in total. The van der Waals surface area contributed by atoms with Crippen LogP contribution >= 0.6 is 23.2 Å². The summed E-state index contributed by atoms with van der Waals surface area (Å²) in [4.78, 5) is 0. The van der Waals surface area contributed by atoms with Crippen LogP contribution in [0.15, 0.2) is 24.3 Å². The van der Waals surface area contributed by atoms with Crippen molar-refractivity contribution in [1.82, 2.24) is 0 Å². The quantitative estimate of drug-likeness (QED) is 0.774. The fraction of sp³-hybridized carbons (Fsp3) is 0.500. The molecule has 2 unspecified atom stereocenters. The molecule has 1 rings (SSSR count). The Kier molecular flexibility index (Phi) is 6.14. The van der Waals surface area contributed by atoms with Crippen LogP contribution in [0.25, 0.3) is 0 Å². The van der Waals surface area contributed by atoms with Crippen LogP contribution in [0.4, 0.5) is 0 Å². The maximum Gasteiger partial charge on any atom is 0.0801 e. The lowest BCUT2D eigenvalue weighted by atomic mass is 10.0. The summed E-state index contributed by atoms with van der Waals surface area (Å²) < 4.78 is 0. The van der Waals surface area contributed by atoms with Gasteiger partial charge in [0.2, 0.25) is 0 Å². The fourth-order valence-electron chi connectivity index (χ4n) is 1.51. The molecule has 0 aliphatic rings. The lowest BCUT2D eigenvalue weighted by Gasteiger charge is -2.13. The van der Waals surface area contributed by atoms with E-state index >= 15 is 0 Å². The second-order valence-electron chi connectivity index (χ2n) is 3.66. The first-order chi connectivity index (χ1) is 7.69. The summed E-state index contributed by atoms with van der Waals surface area (Å²) in [6, 6.07) is 7.27. The second kappa shape index (κ2) is 7.13.